The summed E-state index contributed by atoms with van der Waals surface area (Å²) in [5.41, 5.74) is -1.56. The van der Waals surface area contributed by atoms with Crippen LogP contribution in [0.4, 0.5) is 0 Å². The molecule has 1 heterocycles. The van der Waals surface area contributed by atoms with Crippen LogP contribution in [-0.2, 0) is 19.4 Å². The molecule has 1 N–H and O–H groups in total. The summed E-state index contributed by atoms with van der Waals surface area (Å²) in [5.74, 6) is -1.89. The molecule has 0 aromatic carbocycles. The second-order valence-corrected chi connectivity index (χ2v) is 6.16. The van der Waals surface area contributed by atoms with E-state index in [1.807, 2.05) is 0 Å². The molecule has 1 amide bonds. The van der Waals surface area contributed by atoms with Crippen LogP contribution in [0.15, 0.2) is 0 Å². The molecule has 0 spiro atoms. The molecule has 1 aliphatic rings. The predicted octanol–water partition coefficient (Wildman–Crippen LogP) is -0.503. The fourth-order valence-corrected chi connectivity index (χ4v) is 3.91. The van der Waals surface area contributed by atoms with Gasteiger partial charge in [-0.05, 0) is 12.8 Å². The van der Waals surface area contributed by atoms with E-state index in [2.05, 4.69) is 0 Å². The number of sulfone groups is 1. The minimum absolute atomic E-state index is 0.0244. The van der Waals surface area contributed by atoms with Crippen molar-refractivity contribution in [1.82, 2.24) is 4.90 Å². The van der Waals surface area contributed by atoms with Crippen LogP contribution >= 0.6 is 0 Å². The first-order valence-electron chi connectivity index (χ1n) is 5.04. The molecule has 0 bridgehead atoms. The van der Waals surface area contributed by atoms with Crippen LogP contribution in [-0.4, -0.2) is 54.4 Å². The zero-order valence-electron chi connectivity index (χ0n) is 9.05. The maximum Gasteiger partial charge on any atom is 0.330 e. The number of amides is 1. The first-order chi connectivity index (χ1) is 7.38. The smallest absolute Gasteiger partial charge is 0.330 e. The van der Waals surface area contributed by atoms with Gasteiger partial charge in [0, 0.05) is 6.54 Å². The minimum atomic E-state index is -3.35. The number of hydrogen-bond acceptors (Lipinski definition) is 4. The third kappa shape index (κ3) is 2.18. The van der Waals surface area contributed by atoms with E-state index in [0.29, 0.717) is 12.8 Å². The zero-order chi connectivity index (χ0) is 12.4. The van der Waals surface area contributed by atoms with Gasteiger partial charge in [0.15, 0.2) is 15.4 Å². The third-order valence-electron chi connectivity index (χ3n) is 2.82. The quantitative estimate of drug-likeness (QED) is 0.663. The van der Waals surface area contributed by atoms with Gasteiger partial charge in [-0.2, -0.15) is 0 Å². The molecule has 92 valence electrons. The van der Waals surface area contributed by atoms with E-state index in [4.69, 9.17) is 5.11 Å². The number of nitrogens with zero attached hydrogens (tertiary/aromatic N) is 1. The molecular weight excluding hydrogens is 234 g/mol. The van der Waals surface area contributed by atoms with Gasteiger partial charge in [0.1, 0.15) is 0 Å². The summed E-state index contributed by atoms with van der Waals surface area (Å²) in [4.78, 5) is 23.2. The summed E-state index contributed by atoms with van der Waals surface area (Å²) >= 11 is 0. The van der Waals surface area contributed by atoms with Gasteiger partial charge >= 0.3 is 5.97 Å². The molecule has 1 unspecified atom stereocenters. The first kappa shape index (κ1) is 13.0. The lowest BCUT2D eigenvalue weighted by Gasteiger charge is -2.33. The van der Waals surface area contributed by atoms with E-state index < -0.39 is 27.1 Å². The Morgan fingerprint density at radius 2 is 2.19 bits per heavy atom. The van der Waals surface area contributed by atoms with Gasteiger partial charge in [-0.15, -0.1) is 0 Å². The average Bonchev–Trinajstić information content (AvgIpc) is 2.52. The number of aliphatic carboxylic acids is 1. The molecule has 16 heavy (non-hydrogen) atoms. The maximum atomic E-state index is 11.4. The second kappa shape index (κ2) is 4.40. The monoisotopic (exact) mass is 249 g/mol. The molecule has 1 aliphatic heterocycles. The molecule has 0 aliphatic carbocycles. The molecule has 0 radical (unpaired) electrons. The highest BCUT2D eigenvalue weighted by molar-refractivity contribution is 7.91. The van der Waals surface area contributed by atoms with Crippen molar-refractivity contribution < 1.29 is 23.1 Å². The standard InChI is InChI=1S/C9H15NO5S/c1-2-4-10(7-11)9(8(12)13)3-5-16(14,15)6-9/h7H,2-6H2,1H3,(H,12,13). The fraction of sp³-hybridized carbons (Fsp3) is 0.778. The van der Waals surface area contributed by atoms with E-state index in [1.54, 1.807) is 6.92 Å². The highest BCUT2D eigenvalue weighted by atomic mass is 32.2. The molecule has 0 aromatic heterocycles. The number of carbonyl (C=O) groups excluding carboxylic acids is 1. The van der Waals surface area contributed by atoms with Gasteiger partial charge < -0.3 is 10.0 Å². The van der Waals surface area contributed by atoms with Crippen LogP contribution in [0.3, 0.4) is 0 Å². The maximum absolute atomic E-state index is 11.4. The van der Waals surface area contributed by atoms with Crippen LogP contribution in [0.5, 0.6) is 0 Å². The Morgan fingerprint density at radius 1 is 1.56 bits per heavy atom. The lowest BCUT2D eigenvalue weighted by atomic mass is 9.97. The van der Waals surface area contributed by atoms with E-state index in [-0.39, 0.29) is 18.7 Å². The van der Waals surface area contributed by atoms with Crippen molar-refractivity contribution in [3.05, 3.63) is 0 Å². The first-order valence-corrected chi connectivity index (χ1v) is 6.86. The van der Waals surface area contributed by atoms with Crippen LogP contribution in [0.1, 0.15) is 19.8 Å². The van der Waals surface area contributed by atoms with Crippen LogP contribution in [0, 0.1) is 0 Å². The number of carbonyl (C=O) groups is 2. The van der Waals surface area contributed by atoms with E-state index in [0.717, 1.165) is 4.90 Å². The van der Waals surface area contributed by atoms with Gasteiger partial charge in [-0.1, -0.05) is 6.92 Å². The summed E-state index contributed by atoms with van der Waals surface area (Å²) in [6, 6.07) is 0. The molecule has 1 atom stereocenters. The summed E-state index contributed by atoms with van der Waals surface area (Å²) in [7, 11) is -3.35. The Kier molecular flexibility index (Phi) is 3.57. The van der Waals surface area contributed by atoms with Crippen molar-refractivity contribution in [1.29, 1.82) is 0 Å². The van der Waals surface area contributed by atoms with Gasteiger partial charge in [-0.25, -0.2) is 13.2 Å². The number of rotatable bonds is 5. The highest BCUT2D eigenvalue weighted by Crippen LogP contribution is 2.29. The Bertz CT molecular complexity index is 391. The largest absolute Gasteiger partial charge is 0.479 e. The topological polar surface area (TPSA) is 91.8 Å². The van der Waals surface area contributed by atoms with Crippen molar-refractivity contribution in [2.24, 2.45) is 0 Å². The van der Waals surface area contributed by atoms with Crippen LogP contribution in [0.25, 0.3) is 0 Å². The minimum Gasteiger partial charge on any atom is -0.479 e. The molecule has 1 saturated heterocycles. The molecule has 1 fully saturated rings. The van der Waals surface area contributed by atoms with Crippen molar-refractivity contribution in [2.75, 3.05) is 18.1 Å². The zero-order valence-corrected chi connectivity index (χ0v) is 9.87. The Labute approximate surface area is 94.2 Å². The molecule has 6 nitrogen and oxygen atoms in total. The fourth-order valence-electron chi connectivity index (χ4n) is 1.96. The van der Waals surface area contributed by atoms with Crippen molar-refractivity contribution in [3.63, 3.8) is 0 Å². The SMILES string of the molecule is CCCN(C=O)C1(C(=O)O)CCS(=O)(=O)C1. The third-order valence-corrected chi connectivity index (χ3v) is 4.57. The van der Waals surface area contributed by atoms with Crippen molar-refractivity contribution >= 4 is 22.2 Å². The van der Waals surface area contributed by atoms with Gasteiger partial charge in [-0.3, -0.25) is 4.79 Å². The lowest BCUT2D eigenvalue weighted by Crippen LogP contribution is -2.55. The van der Waals surface area contributed by atoms with Gasteiger partial charge in [0.25, 0.3) is 0 Å². The van der Waals surface area contributed by atoms with Crippen LogP contribution < -0.4 is 0 Å². The number of hydrogen-bond donors (Lipinski definition) is 1. The molecule has 7 heteroatoms. The predicted molar refractivity (Wildman–Crippen MR) is 56.7 cm³/mol. The average molecular weight is 249 g/mol. The molecule has 0 aromatic rings. The second-order valence-electron chi connectivity index (χ2n) is 3.98. The Morgan fingerprint density at radius 3 is 2.50 bits per heavy atom. The molecular formula is C9H15NO5S. The lowest BCUT2D eigenvalue weighted by molar-refractivity contribution is -0.153. The molecule has 0 saturated carbocycles. The molecule has 1 rings (SSSR count). The number of carboxylic acid groups (broad SMARTS) is 1. The summed E-state index contributed by atoms with van der Waals surface area (Å²) in [6.45, 7) is 2.06. The normalized spacial score (nSPS) is 27.6. The summed E-state index contributed by atoms with van der Waals surface area (Å²) < 4.78 is 22.7. The Hall–Kier alpha value is -1.11. The highest BCUT2D eigenvalue weighted by Gasteiger charge is 2.52. The van der Waals surface area contributed by atoms with E-state index in [1.165, 1.54) is 0 Å². The van der Waals surface area contributed by atoms with Gasteiger partial charge in [0.05, 0.1) is 11.5 Å². The summed E-state index contributed by atoms with van der Waals surface area (Å²) in [5, 5.41) is 9.16. The van der Waals surface area contributed by atoms with Crippen LogP contribution in [0.2, 0.25) is 0 Å². The van der Waals surface area contributed by atoms with Crippen molar-refractivity contribution in [2.45, 2.75) is 25.3 Å². The summed E-state index contributed by atoms with van der Waals surface area (Å²) in [6.07, 6.45) is 0.996. The number of carboxylic acids is 1. The van der Waals surface area contributed by atoms with E-state index >= 15 is 0 Å². The van der Waals surface area contributed by atoms with E-state index in [9.17, 15) is 18.0 Å². The van der Waals surface area contributed by atoms with Crippen molar-refractivity contribution in [3.8, 4) is 0 Å². The Balaban J connectivity index is 3.07. The van der Waals surface area contributed by atoms with Gasteiger partial charge in [0.2, 0.25) is 6.41 Å².